The molecule has 1 saturated heterocycles. The number of hydrogen-bond donors (Lipinski definition) is 0. The Morgan fingerprint density at radius 3 is 2.70 bits per heavy atom. The lowest BCUT2D eigenvalue weighted by molar-refractivity contribution is -0.116. The molecule has 1 spiro atoms. The summed E-state index contributed by atoms with van der Waals surface area (Å²) in [5, 5.41) is 0. The van der Waals surface area contributed by atoms with Crippen LogP contribution < -0.4 is 4.90 Å². The highest BCUT2D eigenvalue weighted by Gasteiger charge is 2.46. The molecule has 1 aliphatic carbocycles. The van der Waals surface area contributed by atoms with Crippen LogP contribution in [-0.2, 0) is 10.2 Å². The Morgan fingerprint density at radius 2 is 2.04 bits per heavy atom. The Labute approximate surface area is 162 Å². The van der Waals surface area contributed by atoms with Gasteiger partial charge in [0.2, 0.25) is 5.91 Å². The number of benzene rings is 1. The van der Waals surface area contributed by atoms with Gasteiger partial charge < -0.3 is 9.80 Å². The molecule has 1 aromatic rings. The Bertz CT molecular complexity index is 764. The molecule has 3 nitrogen and oxygen atoms in total. The van der Waals surface area contributed by atoms with Crippen molar-refractivity contribution in [3.05, 3.63) is 41.2 Å². The fraction of sp³-hybridized carbons (Fsp3) is 0.609. The summed E-state index contributed by atoms with van der Waals surface area (Å²) in [6.07, 6.45) is 6.97. The monoisotopic (exact) mass is 370 g/mol. The van der Waals surface area contributed by atoms with E-state index in [0.29, 0.717) is 12.5 Å². The Kier molecular flexibility index (Phi) is 4.87. The van der Waals surface area contributed by atoms with Crippen molar-refractivity contribution in [3.8, 4) is 0 Å². The molecule has 0 bridgehead atoms. The average Bonchev–Trinajstić information content (AvgIpc) is 2.93. The number of rotatable bonds is 2. The van der Waals surface area contributed by atoms with E-state index in [4.69, 9.17) is 0 Å². The molecule has 1 aromatic carbocycles. The molecule has 0 radical (unpaired) electrons. The molecule has 4 heteroatoms. The predicted octanol–water partition coefficient (Wildman–Crippen LogP) is 4.52. The number of anilines is 1. The first-order chi connectivity index (χ1) is 12.9. The van der Waals surface area contributed by atoms with Gasteiger partial charge in [-0.2, -0.15) is 0 Å². The van der Waals surface area contributed by atoms with E-state index in [9.17, 15) is 9.18 Å². The van der Waals surface area contributed by atoms with Gasteiger partial charge in [0.1, 0.15) is 5.82 Å². The zero-order valence-electron chi connectivity index (χ0n) is 16.8. The van der Waals surface area contributed by atoms with Crippen molar-refractivity contribution in [2.45, 2.75) is 51.9 Å². The van der Waals surface area contributed by atoms with E-state index in [1.807, 2.05) is 4.90 Å². The maximum absolute atomic E-state index is 14.0. The van der Waals surface area contributed by atoms with Crippen LogP contribution in [0.4, 0.5) is 10.1 Å². The van der Waals surface area contributed by atoms with Crippen LogP contribution in [0, 0.1) is 17.7 Å². The van der Waals surface area contributed by atoms with Crippen LogP contribution in [0.25, 0.3) is 0 Å². The molecule has 0 aromatic heterocycles. The molecule has 4 rings (SSSR count). The van der Waals surface area contributed by atoms with Gasteiger partial charge in [-0.1, -0.05) is 18.6 Å². The normalized spacial score (nSPS) is 27.6. The third-order valence-electron chi connectivity index (χ3n) is 7.17. The fourth-order valence-corrected chi connectivity index (χ4v) is 5.45. The Balaban J connectivity index is 1.47. The lowest BCUT2D eigenvalue weighted by atomic mass is 9.73. The summed E-state index contributed by atoms with van der Waals surface area (Å²) < 4.78 is 14.0. The number of likely N-dealkylation sites (tertiary alicyclic amines) is 1. The summed E-state index contributed by atoms with van der Waals surface area (Å²) in [6.45, 7) is 10.1. The van der Waals surface area contributed by atoms with Gasteiger partial charge in [-0.05, 0) is 81.3 Å². The smallest absolute Gasteiger partial charge is 0.223 e. The van der Waals surface area contributed by atoms with Gasteiger partial charge in [0.15, 0.2) is 0 Å². The molecule has 1 amide bonds. The first-order valence-corrected chi connectivity index (χ1v) is 10.4. The summed E-state index contributed by atoms with van der Waals surface area (Å²) in [4.78, 5) is 16.6. The summed E-state index contributed by atoms with van der Waals surface area (Å²) >= 11 is 0. The number of carbonyl (C=O) groups is 1. The molecular weight excluding hydrogens is 339 g/mol. The molecule has 146 valence electrons. The average molecular weight is 371 g/mol. The minimum absolute atomic E-state index is 0.0559. The second-order valence-electron chi connectivity index (χ2n) is 9.02. The van der Waals surface area contributed by atoms with Gasteiger partial charge in [0.25, 0.3) is 0 Å². The first-order valence-electron chi connectivity index (χ1n) is 10.4. The van der Waals surface area contributed by atoms with E-state index >= 15 is 0 Å². The largest absolute Gasteiger partial charge is 0.311 e. The molecule has 2 atom stereocenters. The lowest BCUT2D eigenvalue weighted by Crippen LogP contribution is -2.47. The van der Waals surface area contributed by atoms with Crippen molar-refractivity contribution < 1.29 is 9.18 Å². The van der Waals surface area contributed by atoms with E-state index in [-0.39, 0.29) is 17.1 Å². The quantitative estimate of drug-likeness (QED) is 0.715. The van der Waals surface area contributed by atoms with Gasteiger partial charge in [-0.15, -0.1) is 0 Å². The minimum atomic E-state index is -0.195. The third-order valence-corrected chi connectivity index (χ3v) is 7.17. The highest BCUT2D eigenvalue weighted by Crippen LogP contribution is 2.47. The summed E-state index contributed by atoms with van der Waals surface area (Å²) in [5.74, 6) is 1.26. The number of fused-ring (bicyclic) bond motifs is 2. The number of allylic oxidation sites excluding steroid dienone is 2. The number of nitrogens with zero attached hydrogens (tertiary/aromatic N) is 2. The third kappa shape index (κ3) is 3.44. The van der Waals surface area contributed by atoms with Gasteiger partial charge >= 0.3 is 0 Å². The lowest BCUT2D eigenvalue weighted by Gasteiger charge is -2.42. The number of halogens is 1. The van der Waals surface area contributed by atoms with E-state index < -0.39 is 0 Å². The summed E-state index contributed by atoms with van der Waals surface area (Å²) in [7, 11) is 0. The van der Waals surface area contributed by atoms with Gasteiger partial charge in [-0.25, -0.2) is 4.39 Å². The van der Waals surface area contributed by atoms with Crippen molar-refractivity contribution in [3.63, 3.8) is 0 Å². The molecular formula is C23H31FN2O. The molecule has 2 unspecified atom stereocenters. The molecule has 2 aliphatic heterocycles. The van der Waals surface area contributed by atoms with Crippen LogP contribution in [-0.4, -0.2) is 37.0 Å². The van der Waals surface area contributed by atoms with E-state index in [0.717, 1.165) is 49.6 Å². The van der Waals surface area contributed by atoms with Crippen molar-refractivity contribution >= 4 is 11.6 Å². The molecule has 0 saturated carbocycles. The van der Waals surface area contributed by atoms with Crippen molar-refractivity contribution in [1.82, 2.24) is 4.90 Å². The van der Waals surface area contributed by atoms with E-state index in [1.165, 1.54) is 24.5 Å². The van der Waals surface area contributed by atoms with Crippen molar-refractivity contribution in [2.24, 2.45) is 11.8 Å². The van der Waals surface area contributed by atoms with Gasteiger partial charge in [-0.3, -0.25) is 4.79 Å². The predicted molar refractivity (Wildman–Crippen MR) is 107 cm³/mol. The molecule has 1 fully saturated rings. The molecule has 2 heterocycles. The van der Waals surface area contributed by atoms with Crippen LogP contribution >= 0.6 is 0 Å². The minimum Gasteiger partial charge on any atom is -0.311 e. The molecule has 27 heavy (non-hydrogen) atoms. The highest BCUT2D eigenvalue weighted by atomic mass is 19.1. The van der Waals surface area contributed by atoms with Crippen LogP contribution in [0.1, 0.15) is 52.0 Å². The second kappa shape index (κ2) is 7.05. The maximum Gasteiger partial charge on any atom is 0.223 e. The highest BCUT2D eigenvalue weighted by molar-refractivity contribution is 5.94. The number of amides is 1. The van der Waals surface area contributed by atoms with Crippen LogP contribution in [0.3, 0.4) is 0 Å². The summed E-state index contributed by atoms with van der Waals surface area (Å²) in [5.41, 5.74) is 3.42. The van der Waals surface area contributed by atoms with E-state index in [1.54, 1.807) is 19.1 Å². The van der Waals surface area contributed by atoms with E-state index in [2.05, 4.69) is 24.8 Å². The SMILES string of the molecule is CC(=O)N1CC2(CCN(CC3CCC(C)=CC3C)CC2)c2cc(F)ccc21. The Hall–Kier alpha value is -1.68. The number of carbonyl (C=O) groups excluding carboxylic acids is 1. The zero-order chi connectivity index (χ0) is 19.2. The summed E-state index contributed by atoms with van der Waals surface area (Å²) in [6, 6.07) is 4.93. The molecule has 3 aliphatic rings. The zero-order valence-corrected chi connectivity index (χ0v) is 16.8. The van der Waals surface area contributed by atoms with Crippen LogP contribution in [0.5, 0.6) is 0 Å². The van der Waals surface area contributed by atoms with Gasteiger partial charge in [0.05, 0.1) is 0 Å². The number of hydrogen-bond acceptors (Lipinski definition) is 2. The first kappa shape index (κ1) is 18.7. The topological polar surface area (TPSA) is 23.6 Å². The fourth-order valence-electron chi connectivity index (χ4n) is 5.45. The van der Waals surface area contributed by atoms with Crippen molar-refractivity contribution in [2.75, 3.05) is 31.1 Å². The van der Waals surface area contributed by atoms with Gasteiger partial charge in [0, 0.05) is 31.1 Å². The van der Waals surface area contributed by atoms with Crippen LogP contribution in [0.2, 0.25) is 0 Å². The standard InChI is InChI=1S/C23H31FN2O/c1-16-4-5-19(17(2)12-16)14-25-10-8-23(9-11-25)15-26(18(3)27)22-7-6-20(24)13-21(22)23/h6-7,12-13,17,19H,4-5,8-11,14-15H2,1-3H3. The maximum atomic E-state index is 14.0. The molecule has 0 N–H and O–H groups in total. The van der Waals surface area contributed by atoms with Crippen LogP contribution in [0.15, 0.2) is 29.8 Å². The second-order valence-corrected chi connectivity index (χ2v) is 9.02. The van der Waals surface area contributed by atoms with Crippen molar-refractivity contribution in [1.29, 1.82) is 0 Å². The Morgan fingerprint density at radius 1 is 1.30 bits per heavy atom. The number of piperidine rings is 1.